The van der Waals surface area contributed by atoms with E-state index in [2.05, 4.69) is 36.3 Å². The molecule has 1 amide bonds. The molecule has 1 aliphatic rings. The summed E-state index contributed by atoms with van der Waals surface area (Å²) >= 11 is 5.43. The summed E-state index contributed by atoms with van der Waals surface area (Å²) in [6.45, 7) is 7.70. The van der Waals surface area contributed by atoms with E-state index in [0.717, 1.165) is 17.1 Å². The van der Waals surface area contributed by atoms with Gasteiger partial charge in [0.2, 0.25) is 5.91 Å². The molecule has 1 fully saturated rings. The van der Waals surface area contributed by atoms with Gasteiger partial charge in [0, 0.05) is 31.1 Å². The second kappa shape index (κ2) is 7.09. The summed E-state index contributed by atoms with van der Waals surface area (Å²) in [6, 6.07) is 10.3. The standard InChI is InChI=1S/C17H25N3OS/c1-13-11-17(2,3)19-16(22)20(13)10-9-15(21)18-12-14-7-5-4-6-8-14/h4-8,13H,9-12H2,1-3H3,(H,18,21)(H,19,22)/t13-/m0/s1. The quantitative estimate of drug-likeness (QED) is 0.818. The summed E-state index contributed by atoms with van der Waals surface area (Å²) in [5.74, 6) is 0.0590. The Morgan fingerprint density at radius 3 is 2.73 bits per heavy atom. The minimum Gasteiger partial charge on any atom is -0.358 e. The highest BCUT2D eigenvalue weighted by molar-refractivity contribution is 7.80. The molecule has 2 rings (SSSR count). The van der Waals surface area contributed by atoms with Gasteiger partial charge in [0.25, 0.3) is 0 Å². The molecule has 4 nitrogen and oxygen atoms in total. The third-order valence-electron chi connectivity index (χ3n) is 3.96. The van der Waals surface area contributed by atoms with Gasteiger partial charge in [-0.15, -0.1) is 0 Å². The topological polar surface area (TPSA) is 44.4 Å². The molecule has 2 N–H and O–H groups in total. The molecule has 0 unspecified atom stereocenters. The predicted octanol–water partition coefficient (Wildman–Crippen LogP) is 2.44. The highest BCUT2D eigenvalue weighted by atomic mass is 32.1. The van der Waals surface area contributed by atoms with Crippen molar-refractivity contribution in [2.24, 2.45) is 0 Å². The Hall–Kier alpha value is -1.62. The van der Waals surface area contributed by atoms with Crippen LogP contribution in [0.4, 0.5) is 0 Å². The van der Waals surface area contributed by atoms with Crippen LogP contribution in [0.15, 0.2) is 30.3 Å². The maximum absolute atomic E-state index is 12.0. The first-order valence-corrected chi connectivity index (χ1v) is 8.18. The molecule has 120 valence electrons. The molecule has 0 saturated carbocycles. The molecule has 22 heavy (non-hydrogen) atoms. The number of benzene rings is 1. The minimum atomic E-state index is 0.0303. The molecule has 5 heteroatoms. The molecule has 0 spiro atoms. The van der Waals surface area contributed by atoms with E-state index in [-0.39, 0.29) is 11.4 Å². The van der Waals surface area contributed by atoms with Gasteiger partial charge < -0.3 is 15.5 Å². The summed E-state index contributed by atoms with van der Waals surface area (Å²) in [4.78, 5) is 14.1. The number of hydrogen-bond donors (Lipinski definition) is 2. The van der Waals surface area contributed by atoms with Crippen molar-refractivity contribution < 1.29 is 4.79 Å². The normalized spacial score (nSPS) is 20.4. The van der Waals surface area contributed by atoms with E-state index in [1.807, 2.05) is 30.3 Å². The molecule has 0 aliphatic carbocycles. The van der Waals surface area contributed by atoms with Crippen LogP contribution in [0.5, 0.6) is 0 Å². The molecule has 1 saturated heterocycles. The third kappa shape index (κ3) is 4.70. The van der Waals surface area contributed by atoms with Crippen LogP contribution in [0, 0.1) is 0 Å². The number of nitrogens with one attached hydrogen (secondary N) is 2. The zero-order valence-corrected chi connectivity index (χ0v) is 14.4. The zero-order valence-electron chi connectivity index (χ0n) is 13.6. The van der Waals surface area contributed by atoms with Crippen molar-refractivity contribution in [2.75, 3.05) is 6.54 Å². The van der Waals surface area contributed by atoms with Gasteiger partial charge in [-0.1, -0.05) is 30.3 Å². The van der Waals surface area contributed by atoms with Gasteiger partial charge >= 0.3 is 0 Å². The Balaban J connectivity index is 1.77. The maximum atomic E-state index is 12.0. The number of rotatable bonds is 5. The Labute approximate surface area is 138 Å². The van der Waals surface area contributed by atoms with Crippen molar-refractivity contribution in [2.45, 2.75) is 51.7 Å². The smallest absolute Gasteiger partial charge is 0.222 e. The van der Waals surface area contributed by atoms with Crippen LogP contribution in [0.1, 0.15) is 39.2 Å². The number of hydrogen-bond acceptors (Lipinski definition) is 2. The Morgan fingerprint density at radius 1 is 1.41 bits per heavy atom. The average molecular weight is 319 g/mol. The van der Waals surface area contributed by atoms with Crippen LogP contribution in [0.2, 0.25) is 0 Å². The summed E-state index contributed by atoms with van der Waals surface area (Å²) in [5, 5.41) is 7.05. The van der Waals surface area contributed by atoms with Crippen molar-refractivity contribution in [3.05, 3.63) is 35.9 Å². The van der Waals surface area contributed by atoms with Crippen LogP contribution in [0.3, 0.4) is 0 Å². The highest BCUT2D eigenvalue weighted by Gasteiger charge is 2.32. The van der Waals surface area contributed by atoms with Gasteiger partial charge in [0.1, 0.15) is 0 Å². The van der Waals surface area contributed by atoms with Crippen molar-refractivity contribution in [1.29, 1.82) is 0 Å². The minimum absolute atomic E-state index is 0.0303. The van der Waals surface area contributed by atoms with Gasteiger partial charge in [-0.2, -0.15) is 0 Å². The van der Waals surface area contributed by atoms with Crippen LogP contribution in [-0.2, 0) is 11.3 Å². The first kappa shape index (κ1) is 16.7. The van der Waals surface area contributed by atoms with E-state index in [1.54, 1.807) is 0 Å². The number of thiocarbonyl (C=S) groups is 1. The molecule has 1 aliphatic heterocycles. The summed E-state index contributed by atoms with van der Waals surface area (Å²) in [5.41, 5.74) is 1.14. The van der Waals surface area contributed by atoms with Crippen LogP contribution in [-0.4, -0.2) is 34.0 Å². The molecule has 0 radical (unpaired) electrons. The van der Waals surface area contributed by atoms with Crippen molar-refractivity contribution in [1.82, 2.24) is 15.5 Å². The van der Waals surface area contributed by atoms with E-state index >= 15 is 0 Å². The fraction of sp³-hybridized carbons (Fsp3) is 0.529. The molecule has 1 atom stereocenters. The fourth-order valence-electron chi connectivity index (χ4n) is 2.89. The van der Waals surface area contributed by atoms with E-state index < -0.39 is 0 Å². The molecular weight excluding hydrogens is 294 g/mol. The Kier molecular flexibility index (Phi) is 5.40. The monoisotopic (exact) mass is 319 g/mol. The summed E-state index contributed by atoms with van der Waals surface area (Å²) < 4.78 is 0. The second-order valence-electron chi connectivity index (χ2n) is 6.57. The van der Waals surface area contributed by atoms with Gasteiger partial charge in [-0.3, -0.25) is 4.79 Å². The number of carbonyl (C=O) groups excluding carboxylic acids is 1. The average Bonchev–Trinajstić information content (AvgIpc) is 2.44. The van der Waals surface area contributed by atoms with Gasteiger partial charge in [0.15, 0.2) is 5.11 Å². The van der Waals surface area contributed by atoms with Gasteiger partial charge in [0.05, 0.1) is 0 Å². The SMILES string of the molecule is C[C@H]1CC(C)(C)NC(=S)N1CCC(=O)NCc1ccccc1. The van der Waals surface area contributed by atoms with Crippen molar-refractivity contribution in [3.63, 3.8) is 0 Å². The number of nitrogens with zero attached hydrogens (tertiary/aromatic N) is 1. The molecular formula is C17H25N3OS. The summed E-state index contributed by atoms with van der Waals surface area (Å²) in [6.07, 6.45) is 1.47. The largest absolute Gasteiger partial charge is 0.358 e. The molecule has 0 aromatic heterocycles. The fourth-order valence-corrected chi connectivity index (χ4v) is 3.44. The lowest BCUT2D eigenvalue weighted by atomic mass is 9.93. The first-order chi connectivity index (χ1) is 10.4. The first-order valence-electron chi connectivity index (χ1n) is 7.77. The molecule has 0 bridgehead atoms. The Morgan fingerprint density at radius 2 is 2.09 bits per heavy atom. The molecule has 1 aromatic carbocycles. The maximum Gasteiger partial charge on any atom is 0.222 e. The zero-order chi connectivity index (χ0) is 16.2. The molecule has 1 heterocycles. The highest BCUT2D eigenvalue weighted by Crippen LogP contribution is 2.22. The lowest BCUT2D eigenvalue weighted by Crippen LogP contribution is -2.60. The van der Waals surface area contributed by atoms with Gasteiger partial charge in [-0.05, 0) is 45.0 Å². The van der Waals surface area contributed by atoms with Crippen molar-refractivity contribution in [3.8, 4) is 0 Å². The van der Waals surface area contributed by atoms with Crippen LogP contribution < -0.4 is 10.6 Å². The van der Waals surface area contributed by atoms with E-state index in [1.165, 1.54) is 0 Å². The van der Waals surface area contributed by atoms with E-state index in [9.17, 15) is 4.79 Å². The lowest BCUT2D eigenvalue weighted by molar-refractivity contribution is -0.121. The van der Waals surface area contributed by atoms with Gasteiger partial charge in [-0.25, -0.2) is 0 Å². The summed E-state index contributed by atoms with van der Waals surface area (Å²) in [7, 11) is 0. The van der Waals surface area contributed by atoms with Crippen LogP contribution in [0.25, 0.3) is 0 Å². The van der Waals surface area contributed by atoms with Crippen LogP contribution >= 0.6 is 12.2 Å². The number of carbonyl (C=O) groups is 1. The number of amides is 1. The van der Waals surface area contributed by atoms with Crippen molar-refractivity contribution >= 4 is 23.2 Å². The van der Waals surface area contributed by atoms with E-state index in [0.29, 0.717) is 25.6 Å². The third-order valence-corrected chi connectivity index (χ3v) is 4.29. The lowest BCUT2D eigenvalue weighted by Gasteiger charge is -2.44. The Bertz CT molecular complexity index is 530. The second-order valence-corrected chi connectivity index (χ2v) is 6.96. The predicted molar refractivity (Wildman–Crippen MR) is 93.5 cm³/mol. The molecule has 1 aromatic rings. The van der Waals surface area contributed by atoms with E-state index in [4.69, 9.17) is 12.2 Å².